The summed E-state index contributed by atoms with van der Waals surface area (Å²) in [6, 6.07) is 0.374. The van der Waals surface area contributed by atoms with Crippen LogP contribution in [-0.2, 0) is 9.53 Å². The zero-order valence-corrected chi connectivity index (χ0v) is 14.3. The Morgan fingerprint density at radius 3 is 2.64 bits per heavy atom. The van der Waals surface area contributed by atoms with E-state index in [9.17, 15) is 4.79 Å². The average Bonchev–Trinajstić information content (AvgIpc) is 3.01. The highest BCUT2D eigenvalue weighted by Crippen LogP contribution is 2.33. The second kappa shape index (κ2) is 6.68. The van der Waals surface area contributed by atoms with Crippen LogP contribution >= 0.6 is 15.9 Å². The highest BCUT2D eigenvalue weighted by molar-refractivity contribution is 9.10. The summed E-state index contributed by atoms with van der Waals surface area (Å²) in [7, 11) is 0. The lowest BCUT2D eigenvalue weighted by Crippen LogP contribution is -2.52. The van der Waals surface area contributed by atoms with Gasteiger partial charge < -0.3 is 15.4 Å². The van der Waals surface area contributed by atoms with Crippen molar-refractivity contribution < 1.29 is 9.53 Å². The molecule has 6 nitrogen and oxygen atoms in total. The van der Waals surface area contributed by atoms with Crippen LogP contribution in [0.15, 0.2) is 16.9 Å². The Kier molecular flexibility index (Phi) is 4.84. The second-order valence-corrected chi connectivity index (χ2v) is 7.17. The lowest BCUT2D eigenvalue weighted by molar-refractivity contribution is -0.148. The van der Waals surface area contributed by atoms with Crippen LogP contribution < -0.4 is 5.73 Å². The van der Waals surface area contributed by atoms with E-state index in [1.54, 1.807) is 0 Å². The molecule has 2 N–H and O–H groups in total. The SMILES string of the molecule is NCC1(C(=O)N2CCC(n3cc(Br)cn3)CC2)CCOCC1. The molecule has 7 heteroatoms. The Labute approximate surface area is 139 Å². The average molecular weight is 371 g/mol. The molecule has 0 saturated carbocycles. The highest BCUT2D eigenvalue weighted by Gasteiger charge is 2.42. The molecular formula is C15H23BrN4O2. The van der Waals surface area contributed by atoms with Gasteiger partial charge in [-0.2, -0.15) is 5.10 Å². The van der Waals surface area contributed by atoms with E-state index in [1.807, 2.05) is 22.0 Å². The Hall–Kier alpha value is -0.920. The summed E-state index contributed by atoms with van der Waals surface area (Å²) in [6.45, 7) is 3.26. The third-order valence-electron chi connectivity index (χ3n) is 4.99. The fourth-order valence-corrected chi connectivity index (χ4v) is 3.75. The van der Waals surface area contributed by atoms with Crippen molar-refractivity contribution in [1.29, 1.82) is 0 Å². The van der Waals surface area contributed by atoms with E-state index in [0.29, 0.717) is 25.8 Å². The Morgan fingerprint density at radius 1 is 1.41 bits per heavy atom. The molecule has 1 aromatic heterocycles. The molecule has 1 aromatic rings. The van der Waals surface area contributed by atoms with Gasteiger partial charge in [-0.15, -0.1) is 0 Å². The van der Waals surface area contributed by atoms with Crippen molar-refractivity contribution in [3.63, 3.8) is 0 Å². The smallest absolute Gasteiger partial charge is 0.230 e. The Bertz CT molecular complexity index is 519. The van der Waals surface area contributed by atoms with Gasteiger partial charge in [-0.1, -0.05) is 0 Å². The maximum atomic E-state index is 12.9. The van der Waals surface area contributed by atoms with E-state index in [-0.39, 0.29) is 5.91 Å². The molecule has 3 rings (SSSR count). The lowest BCUT2D eigenvalue weighted by Gasteiger charge is -2.41. The summed E-state index contributed by atoms with van der Waals surface area (Å²) in [4.78, 5) is 14.9. The molecule has 122 valence electrons. The van der Waals surface area contributed by atoms with Gasteiger partial charge >= 0.3 is 0 Å². The van der Waals surface area contributed by atoms with Gasteiger partial charge in [0.2, 0.25) is 5.91 Å². The monoisotopic (exact) mass is 370 g/mol. The van der Waals surface area contributed by atoms with E-state index in [0.717, 1.165) is 43.2 Å². The number of piperidine rings is 1. The van der Waals surface area contributed by atoms with Gasteiger partial charge in [0.05, 0.1) is 22.1 Å². The summed E-state index contributed by atoms with van der Waals surface area (Å²) < 4.78 is 8.39. The Balaban J connectivity index is 1.61. The van der Waals surface area contributed by atoms with E-state index in [2.05, 4.69) is 21.0 Å². The second-order valence-electron chi connectivity index (χ2n) is 6.26. The number of nitrogens with zero attached hydrogens (tertiary/aromatic N) is 3. The van der Waals surface area contributed by atoms with Crippen molar-refractivity contribution in [2.24, 2.45) is 11.1 Å². The normalized spacial score (nSPS) is 22.7. The number of hydrogen-bond donors (Lipinski definition) is 1. The fourth-order valence-electron chi connectivity index (χ4n) is 3.45. The number of ether oxygens (including phenoxy) is 1. The maximum Gasteiger partial charge on any atom is 0.230 e. The summed E-state index contributed by atoms with van der Waals surface area (Å²) in [5.74, 6) is 0.221. The van der Waals surface area contributed by atoms with Crippen LogP contribution in [0.25, 0.3) is 0 Å². The molecule has 0 atom stereocenters. The quantitative estimate of drug-likeness (QED) is 0.875. The molecular weight excluding hydrogens is 348 g/mol. The summed E-state index contributed by atoms with van der Waals surface area (Å²) >= 11 is 3.43. The van der Waals surface area contributed by atoms with Crippen LogP contribution in [-0.4, -0.2) is 53.4 Å². The van der Waals surface area contributed by atoms with Gasteiger partial charge in [0, 0.05) is 39.0 Å². The molecule has 0 aromatic carbocycles. The van der Waals surface area contributed by atoms with Crippen molar-refractivity contribution in [1.82, 2.24) is 14.7 Å². The molecule has 0 bridgehead atoms. The van der Waals surface area contributed by atoms with Gasteiger partial charge in [0.25, 0.3) is 0 Å². The molecule has 2 aliphatic rings. The largest absolute Gasteiger partial charge is 0.381 e. The molecule has 0 radical (unpaired) electrons. The number of nitrogens with two attached hydrogens (primary N) is 1. The molecule has 3 heterocycles. The first-order valence-corrected chi connectivity index (χ1v) is 8.71. The van der Waals surface area contributed by atoms with Crippen LogP contribution in [0.2, 0.25) is 0 Å². The minimum absolute atomic E-state index is 0.221. The van der Waals surface area contributed by atoms with Gasteiger partial charge in [0.15, 0.2) is 0 Å². The fraction of sp³-hybridized carbons (Fsp3) is 0.733. The van der Waals surface area contributed by atoms with Crippen LogP contribution in [0.5, 0.6) is 0 Å². The van der Waals surface area contributed by atoms with Crippen LogP contribution in [0.1, 0.15) is 31.7 Å². The first-order valence-electron chi connectivity index (χ1n) is 7.91. The van der Waals surface area contributed by atoms with Gasteiger partial charge in [-0.3, -0.25) is 9.48 Å². The van der Waals surface area contributed by atoms with Gasteiger partial charge in [-0.25, -0.2) is 0 Å². The van der Waals surface area contributed by atoms with E-state index in [4.69, 9.17) is 10.5 Å². The third kappa shape index (κ3) is 3.07. The van der Waals surface area contributed by atoms with Crippen molar-refractivity contribution in [2.45, 2.75) is 31.7 Å². The molecule has 2 saturated heterocycles. The van der Waals surface area contributed by atoms with Crippen LogP contribution in [0.3, 0.4) is 0 Å². The number of carbonyl (C=O) groups excluding carboxylic acids is 1. The summed E-state index contributed by atoms with van der Waals surface area (Å²) in [5.41, 5.74) is 5.54. The zero-order valence-electron chi connectivity index (χ0n) is 12.7. The number of rotatable bonds is 3. The van der Waals surface area contributed by atoms with Crippen LogP contribution in [0.4, 0.5) is 0 Å². The van der Waals surface area contributed by atoms with E-state index < -0.39 is 5.41 Å². The molecule has 0 unspecified atom stereocenters. The summed E-state index contributed by atoms with van der Waals surface area (Å²) in [6.07, 6.45) is 7.18. The molecule has 1 amide bonds. The third-order valence-corrected chi connectivity index (χ3v) is 5.40. The zero-order chi connectivity index (χ0) is 15.6. The minimum Gasteiger partial charge on any atom is -0.381 e. The number of amides is 1. The predicted octanol–water partition coefficient (Wildman–Crippen LogP) is 1.56. The number of aromatic nitrogens is 2. The predicted molar refractivity (Wildman–Crippen MR) is 86.3 cm³/mol. The summed E-state index contributed by atoms with van der Waals surface area (Å²) in [5, 5.41) is 4.36. The molecule has 0 aliphatic carbocycles. The van der Waals surface area contributed by atoms with Crippen molar-refractivity contribution in [3.8, 4) is 0 Å². The number of likely N-dealkylation sites (tertiary alicyclic amines) is 1. The topological polar surface area (TPSA) is 73.4 Å². The maximum absolute atomic E-state index is 12.9. The number of halogens is 1. The lowest BCUT2D eigenvalue weighted by atomic mass is 9.78. The van der Waals surface area contributed by atoms with Crippen LogP contribution in [0, 0.1) is 5.41 Å². The Morgan fingerprint density at radius 2 is 2.09 bits per heavy atom. The minimum atomic E-state index is -0.403. The van der Waals surface area contributed by atoms with Crippen molar-refractivity contribution in [3.05, 3.63) is 16.9 Å². The molecule has 22 heavy (non-hydrogen) atoms. The molecule has 2 aliphatic heterocycles. The standard InChI is InChI=1S/C15H23BrN4O2/c16-12-9-18-20(10-12)13-1-5-19(6-2-13)14(21)15(11-17)3-7-22-8-4-15/h9-10,13H,1-8,11,17H2. The molecule has 0 spiro atoms. The molecule has 2 fully saturated rings. The van der Waals surface area contributed by atoms with Gasteiger partial charge in [-0.05, 0) is 41.6 Å². The van der Waals surface area contributed by atoms with E-state index >= 15 is 0 Å². The van der Waals surface area contributed by atoms with Crippen molar-refractivity contribution in [2.75, 3.05) is 32.8 Å². The van der Waals surface area contributed by atoms with Crippen molar-refractivity contribution >= 4 is 21.8 Å². The number of carbonyl (C=O) groups is 1. The van der Waals surface area contributed by atoms with Gasteiger partial charge in [0.1, 0.15) is 0 Å². The highest BCUT2D eigenvalue weighted by atomic mass is 79.9. The first-order chi connectivity index (χ1) is 10.6. The van der Waals surface area contributed by atoms with E-state index in [1.165, 1.54) is 0 Å². The first kappa shape index (κ1) is 16.0. The number of hydrogen-bond acceptors (Lipinski definition) is 4.